The summed E-state index contributed by atoms with van der Waals surface area (Å²) in [5, 5.41) is 3.89. The van der Waals surface area contributed by atoms with E-state index in [1.807, 2.05) is 0 Å². The van der Waals surface area contributed by atoms with Crippen LogP contribution < -0.4 is 9.81 Å². The molecule has 0 amide bonds. The molecule has 0 bridgehead atoms. The topological polar surface area (TPSA) is 42.5 Å². The molecule has 314 valence electrons. The summed E-state index contributed by atoms with van der Waals surface area (Å²) < 4.78 is 31.0. The first kappa shape index (κ1) is 45.2. The standard InChI is InChI=1S/3C16H24NOSi.Bi/c3*1-12(16(5,18-19)15(2,3)4)17-11-10-13-8-6-7-9-14(13)17;/h3*7-12H,1-5,19H3;. The van der Waals surface area contributed by atoms with Crippen LogP contribution in [-0.4, -0.2) is 83.7 Å². The Morgan fingerprint density at radius 1 is 0.414 bits per heavy atom. The molecule has 0 N–H and O–H groups in total. The SMILES string of the molecule is CC(n1ccc2c[c]([Bi]([c]3ccc4c(ccn4C(C)C(C)(O[SiH3])C(C)(C)C)c3)[c]3ccc4c(ccn4C(C)C(C)(O[SiH3])C(C)(C)C)c3)ccc21)C(C)(O[SiH3])C(C)(C)C. The Bertz CT molecular complexity index is 2150. The second kappa shape index (κ2) is 15.9. The van der Waals surface area contributed by atoms with Crippen LogP contribution in [0.4, 0.5) is 0 Å². The van der Waals surface area contributed by atoms with Gasteiger partial charge < -0.3 is 0 Å². The number of hydrogen-bond acceptors (Lipinski definition) is 3. The molecule has 58 heavy (non-hydrogen) atoms. The molecule has 10 heteroatoms. The van der Waals surface area contributed by atoms with E-state index in [1.54, 1.807) is 0 Å². The van der Waals surface area contributed by atoms with Crippen molar-refractivity contribution >= 4 is 95.7 Å². The Morgan fingerprint density at radius 2 is 0.655 bits per heavy atom. The molecule has 0 aliphatic heterocycles. The molecule has 3 heterocycles. The molecule has 0 spiro atoms. The summed E-state index contributed by atoms with van der Waals surface area (Å²) in [4.78, 5) is 0. The molecule has 0 radical (unpaired) electrons. The van der Waals surface area contributed by atoms with Crippen LogP contribution in [0, 0.1) is 16.2 Å². The first-order valence-electron chi connectivity index (χ1n) is 21.2. The molecule has 6 atom stereocenters. The van der Waals surface area contributed by atoms with Crippen molar-refractivity contribution in [3.8, 4) is 0 Å². The van der Waals surface area contributed by atoms with Crippen molar-refractivity contribution < 1.29 is 13.3 Å². The third-order valence-corrected chi connectivity index (χ3v) is 27.1. The maximum absolute atomic E-state index is 6.41. The van der Waals surface area contributed by atoms with Gasteiger partial charge in [-0.15, -0.1) is 0 Å². The Kier molecular flexibility index (Phi) is 12.4. The van der Waals surface area contributed by atoms with Crippen LogP contribution in [0.3, 0.4) is 0 Å². The summed E-state index contributed by atoms with van der Waals surface area (Å²) in [6.07, 6.45) is 6.84. The van der Waals surface area contributed by atoms with E-state index in [-0.39, 0.29) is 51.2 Å². The molecule has 6 aromatic rings. The zero-order valence-corrected chi connectivity index (χ0v) is 48.4. The van der Waals surface area contributed by atoms with Crippen molar-refractivity contribution in [2.45, 2.75) is 139 Å². The van der Waals surface area contributed by atoms with E-state index in [4.69, 9.17) is 13.3 Å². The molecule has 6 nitrogen and oxygen atoms in total. The van der Waals surface area contributed by atoms with Gasteiger partial charge in [-0.05, 0) is 0 Å². The summed E-state index contributed by atoms with van der Waals surface area (Å²) >= 11 is -2.89. The summed E-state index contributed by atoms with van der Waals surface area (Å²) in [6.45, 7) is 34.5. The molecule has 3 aromatic heterocycles. The minimum atomic E-state index is -2.89. The van der Waals surface area contributed by atoms with Gasteiger partial charge in [-0.25, -0.2) is 0 Å². The van der Waals surface area contributed by atoms with Gasteiger partial charge in [0.15, 0.2) is 0 Å². The van der Waals surface area contributed by atoms with Crippen LogP contribution in [0.1, 0.15) is 122 Å². The van der Waals surface area contributed by atoms with E-state index in [9.17, 15) is 0 Å². The normalized spacial score (nSPS) is 18.2. The fourth-order valence-electron chi connectivity index (χ4n) is 9.44. The van der Waals surface area contributed by atoms with Crippen molar-refractivity contribution in [2.24, 2.45) is 16.2 Å². The third kappa shape index (κ3) is 7.43. The van der Waals surface area contributed by atoms with Gasteiger partial charge >= 0.3 is 369 Å². The number of aromatic nitrogens is 3. The van der Waals surface area contributed by atoms with Crippen LogP contribution in [-0.2, 0) is 13.3 Å². The van der Waals surface area contributed by atoms with Gasteiger partial charge in [0, 0.05) is 0 Å². The average molecular weight is 1030 g/mol. The molecule has 6 rings (SSSR count). The summed E-state index contributed by atoms with van der Waals surface area (Å²) in [5.41, 5.74) is 2.91. The fraction of sp³-hybridized carbons (Fsp3) is 0.500. The van der Waals surface area contributed by atoms with Gasteiger partial charge in [0.1, 0.15) is 0 Å². The minimum absolute atomic E-state index is 0.00989. The van der Waals surface area contributed by atoms with E-state index in [0.29, 0.717) is 31.5 Å². The van der Waals surface area contributed by atoms with Gasteiger partial charge in [-0.2, -0.15) is 0 Å². The van der Waals surface area contributed by atoms with Crippen LogP contribution in [0.5, 0.6) is 0 Å². The van der Waals surface area contributed by atoms with Crippen LogP contribution in [0.2, 0.25) is 0 Å². The molecular weight excluding hydrogens is 960 g/mol. The van der Waals surface area contributed by atoms with Crippen molar-refractivity contribution in [1.29, 1.82) is 0 Å². The second-order valence-corrected chi connectivity index (χ2v) is 30.3. The molecule has 0 fully saturated rings. The Morgan fingerprint density at radius 3 is 0.862 bits per heavy atom. The summed E-state index contributed by atoms with van der Waals surface area (Å²) in [6, 6.07) is 29.5. The quantitative estimate of drug-likeness (QED) is 0.124. The monoisotopic (exact) mass is 1030 g/mol. The first-order chi connectivity index (χ1) is 26.9. The average Bonchev–Trinajstić information content (AvgIpc) is 3.91. The van der Waals surface area contributed by atoms with Gasteiger partial charge in [-0.1, -0.05) is 0 Å². The number of benzene rings is 3. The zero-order valence-electron chi connectivity index (χ0n) is 38.9. The summed E-state index contributed by atoms with van der Waals surface area (Å²) in [5.74, 6) is 0. The Hall–Kier alpha value is -2.31. The number of nitrogens with zero attached hydrogens (tertiary/aromatic N) is 3. The van der Waals surface area contributed by atoms with Crippen molar-refractivity contribution in [2.75, 3.05) is 0 Å². The van der Waals surface area contributed by atoms with Crippen LogP contribution in [0.15, 0.2) is 91.4 Å². The fourth-order valence-corrected chi connectivity index (χ4v) is 21.5. The molecule has 0 saturated carbocycles. The Labute approximate surface area is 366 Å². The Balaban J connectivity index is 1.50. The van der Waals surface area contributed by atoms with E-state index in [1.165, 1.54) is 42.5 Å². The molecular formula is C48H72BiN3O3Si3. The van der Waals surface area contributed by atoms with Crippen LogP contribution in [0.25, 0.3) is 32.7 Å². The second-order valence-electron chi connectivity index (χ2n) is 20.4. The predicted molar refractivity (Wildman–Crippen MR) is 261 cm³/mol. The third-order valence-electron chi connectivity index (χ3n) is 15.3. The predicted octanol–water partition coefficient (Wildman–Crippen LogP) is 7.06. The van der Waals surface area contributed by atoms with Gasteiger partial charge in [0.2, 0.25) is 0 Å². The first-order valence-corrected chi connectivity index (χ1v) is 28.8. The van der Waals surface area contributed by atoms with Crippen molar-refractivity contribution in [3.05, 3.63) is 91.4 Å². The maximum atomic E-state index is 6.41. The van der Waals surface area contributed by atoms with Gasteiger partial charge in [0.25, 0.3) is 0 Å². The van der Waals surface area contributed by atoms with Gasteiger partial charge in [-0.3, -0.25) is 0 Å². The zero-order chi connectivity index (χ0) is 43.0. The molecule has 0 saturated heterocycles. The van der Waals surface area contributed by atoms with Crippen LogP contribution >= 0.6 is 0 Å². The van der Waals surface area contributed by atoms with E-state index in [2.05, 4.69) is 209 Å². The number of fused-ring (bicyclic) bond motifs is 3. The molecule has 0 aliphatic carbocycles. The van der Waals surface area contributed by atoms with Crippen molar-refractivity contribution in [1.82, 2.24) is 13.7 Å². The van der Waals surface area contributed by atoms with Crippen molar-refractivity contribution in [3.63, 3.8) is 0 Å². The molecule has 6 unspecified atom stereocenters. The molecule has 3 aromatic carbocycles. The van der Waals surface area contributed by atoms with E-state index in [0.717, 1.165) is 0 Å². The van der Waals surface area contributed by atoms with Gasteiger partial charge in [0.05, 0.1) is 0 Å². The van der Waals surface area contributed by atoms with E-state index >= 15 is 0 Å². The number of rotatable bonds is 12. The summed E-state index contributed by atoms with van der Waals surface area (Å²) in [7, 11) is 2.08. The van der Waals surface area contributed by atoms with E-state index < -0.39 is 21.8 Å². The number of hydrogen-bond donors (Lipinski definition) is 0. The molecule has 0 aliphatic rings.